The molecule has 4 heteroatoms. The lowest BCUT2D eigenvalue weighted by atomic mass is 10.0. The summed E-state index contributed by atoms with van der Waals surface area (Å²) in [6.07, 6.45) is 3.43. The predicted molar refractivity (Wildman–Crippen MR) is 59.9 cm³/mol. The van der Waals surface area contributed by atoms with Gasteiger partial charge < -0.3 is 15.0 Å². The van der Waals surface area contributed by atoms with E-state index in [4.69, 9.17) is 4.74 Å². The second-order valence-corrected chi connectivity index (χ2v) is 4.36. The molecule has 88 valence electrons. The van der Waals surface area contributed by atoms with Gasteiger partial charge in [-0.1, -0.05) is 6.42 Å². The first kappa shape index (κ1) is 12.3. The van der Waals surface area contributed by atoms with Crippen molar-refractivity contribution in [3.05, 3.63) is 0 Å². The van der Waals surface area contributed by atoms with Crippen LogP contribution in [0.15, 0.2) is 0 Å². The van der Waals surface area contributed by atoms with E-state index in [-0.39, 0.29) is 12.1 Å². The van der Waals surface area contributed by atoms with Crippen LogP contribution in [0.4, 0.5) is 4.79 Å². The van der Waals surface area contributed by atoms with Crippen LogP contribution in [0, 0.1) is 0 Å². The van der Waals surface area contributed by atoms with Crippen molar-refractivity contribution in [3.63, 3.8) is 0 Å². The van der Waals surface area contributed by atoms with Crippen molar-refractivity contribution in [3.8, 4) is 0 Å². The molecular formula is C11H22N2O2. The zero-order valence-corrected chi connectivity index (χ0v) is 9.95. The third-order valence-corrected chi connectivity index (χ3v) is 2.86. The van der Waals surface area contributed by atoms with Gasteiger partial charge in [0.1, 0.15) is 0 Å². The van der Waals surface area contributed by atoms with Gasteiger partial charge in [0.2, 0.25) is 0 Å². The molecule has 1 amide bonds. The standard InChI is InChI=1S/C11H22N2O2/c1-9(2)13(11(14)15-3)8-10-6-4-5-7-12-10/h9-10,12H,4-8H2,1-3H3. The Balaban J connectivity index is 2.46. The smallest absolute Gasteiger partial charge is 0.409 e. The number of ether oxygens (including phenoxy) is 1. The van der Waals surface area contributed by atoms with Crippen molar-refractivity contribution >= 4 is 6.09 Å². The molecule has 1 heterocycles. The van der Waals surface area contributed by atoms with Crippen LogP contribution in [-0.4, -0.2) is 43.3 Å². The number of carbonyl (C=O) groups is 1. The molecule has 0 saturated carbocycles. The van der Waals surface area contributed by atoms with Crippen LogP contribution in [0.2, 0.25) is 0 Å². The van der Waals surface area contributed by atoms with E-state index < -0.39 is 0 Å². The highest BCUT2D eigenvalue weighted by atomic mass is 16.5. The van der Waals surface area contributed by atoms with Gasteiger partial charge in [-0.05, 0) is 33.2 Å². The maximum atomic E-state index is 11.5. The second kappa shape index (κ2) is 5.95. The van der Waals surface area contributed by atoms with Crippen LogP contribution in [0.5, 0.6) is 0 Å². The van der Waals surface area contributed by atoms with E-state index in [1.807, 2.05) is 13.8 Å². The zero-order chi connectivity index (χ0) is 11.3. The summed E-state index contributed by atoms with van der Waals surface area (Å²) in [6.45, 7) is 5.85. The maximum absolute atomic E-state index is 11.5. The Hall–Kier alpha value is -0.770. The maximum Gasteiger partial charge on any atom is 0.409 e. The average molecular weight is 214 g/mol. The number of nitrogens with one attached hydrogen (secondary N) is 1. The Morgan fingerprint density at radius 2 is 2.27 bits per heavy atom. The van der Waals surface area contributed by atoms with Gasteiger partial charge in [0.15, 0.2) is 0 Å². The minimum absolute atomic E-state index is 0.196. The summed E-state index contributed by atoms with van der Waals surface area (Å²) in [4.78, 5) is 13.3. The van der Waals surface area contributed by atoms with Gasteiger partial charge in [0.25, 0.3) is 0 Å². The van der Waals surface area contributed by atoms with E-state index >= 15 is 0 Å². The van der Waals surface area contributed by atoms with Crippen molar-refractivity contribution in [2.45, 2.75) is 45.2 Å². The Labute approximate surface area is 92.0 Å². The monoisotopic (exact) mass is 214 g/mol. The molecule has 0 aromatic rings. The Bertz CT molecular complexity index is 201. The number of hydrogen-bond donors (Lipinski definition) is 1. The quantitative estimate of drug-likeness (QED) is 0.776. The minimum atomic E-state index is -0.225. The molecule has 0 aromatic carbocycles. The van der Waals surface area contributed by atoms with E-state index in [1.165, 1.54) is 20.0 Å². The lowest BCUT2D eigenvalue weighted by Gasteiger charge is -2.32. The lowest BCUT2D eigenvalue weighted by molar-refractivity contribution is 0.104. The zero-order valence-electron chi connectivity index (χ0n) is 9.95. The molecule has 4 nitrogen and oxygen atoms in total. The van der Waals surface area contributed by atoms with E-state index in [1.54, 1.807) is 4.90 Å². The van der Waals surface area contributed by atoms with Crippen molar-refractivity contribution in [2.24, 2.45) is 0 Å². The number of rotatable bonds is 3. The third-order valence-electron chi connectivity index (χ3n) is 2.86. The van der Waals surface area contributed by atoms with Gasteiger partial charge in [-0.25, -0.2) is 4.79 Å². The van der Waals surface area contributed by atoms with E-state index in [9.17, 15) is 4.79 Å². The topological polar surface area (TPSA) is 41.6 Å². The highest BCUT2D eigenvalue weighted by molar-refractivity contribution is 5.67. The summed E-state index contributed by atoms with van der Waals surface area (Å²) in [7, 11) is 1.44. The molecule has 0 bridgehead atoms. The van der Waals surface area contributed by atoms with Crippen molar-refractivity contribution in [2.75, 3.05) is 20.2 Å². The number of nitrogens with zero attached hydrogens (tertiary/aromatic N) is 1. The van der Waals surface area contributed by atoms with Gasteiger partial charge in [0.05, 0.1) is 7.11 Å². The predicted octanol–water partition coefficient (Wildman–Crippen LogP) is 1.61. The van der Waals surface area contributed by atoms with Gasteiger partial charge in [-0.2, -0.15) is 0 Å². The highest BCUT2D eigenvalue weighted by Gasteiger charge is 2.22. The molecule has 1 saturated heterocycles. The molecule has 1 aliphatic rings. The fraction of sp³-hybridized carbons (Fsp3) is 0.909. The third kappa shape index (κ3) is 3.70. The van der Waals surface area contributed by atoms with E-state index in [0.717, 1.165) is 19.5 Å². The number of piperidine rings is 1. The summed E-state index contributed by atoms with van der Waals surface area (Å²) in [5, 5.41) is 3.43. The summed E-state index contributed by atoms with van der Waals surface area (Å²) in [5.41, 5.74) is 0. The van der Waals surface area contributed by atoms with Crippen molar-refractivity contribution in [1.29, 1.82) is 0 Å². The molecule has 1 N–H and O–H groups in total. The van der Waals surface area contributed by atoms with Gasteiger partial charge in [0, 0.05) is 18.6 Å². The fourth-order valence-corrected chi connectivity index (χ4v) is 1.93. The molecule has 1 atom stereocenters. The Kier molecular flexibility index (Phi) is 4.88. The van der Waals surface area contributed by atoms with Gasteiger partial charge >= 0.3 is 6.09 Å². The molecule has 15 heavy (non-hydrogen) atoms. The highest BCUT2D eigenvalue weighted by Crippen LogP contribution is 2.11. The molecule has 1 unspecified atom stereocenters. The number of hydrogen-bond acceptors (Lipinski definition) is 3. The first-order valence-electron chi connectivity index (χ1n) is 5.73. The number of amides is 1. The Morgan fingerprint density at radius 3 is 2.73 bits per heavy atom. The SMILES string of the molecule is COC(=O)N(CC1CCCCN1)C(C)C. The molecule has 0 aliphatic carbocycles. The van der Waals surface area contributed by atoms with Crippen LogP contribution in [0.1, 0.15) is 33.1 Å². The molecule has 0 radical (unpaired) electrons. The first-order chi connectivity index (χ1) is 7.15. The summed E-state index contributed by atoms with van der Waals surface area (Å²) in [6, 6.07) is 0.626. The second-order valence-electron chi connectivity index (χ2n) is 4.36. The van der Waals surface area contributed by atoms with E-state index in [0.29, 0.717) is 6.04 Å². The van der Waals surface area contributed by atoms with Crippen LogP contribution < -0.4 is 5.32 Å². The molecular weight excluding hydrogens is 192 g/mol. The van der Waals surface area contributed by atoms with Crippen molar-refractivity contribution in [1.82, 2.24) is 10.2 Å². The summed E-state index contributed by atoms with van der Waals surface area (Å²) in [5.74, 6) is 0. The van der Waals surface area contributed by atoms with Gasteiger partial charge in [-0.15, -0.1) is 0 Å². The molecule has 1 rings (SSSR count). The minimum Gasteiger partial charge on any atom is -0.453 e. The summed E-state index contributed by atoms with van der Waals surface area (Å²) >= 11 is 0. The van der Waals surface area contributed by atoms with Crippen LogP contribution in [0.25, 0.3) is 0 Å². The largest absolute Gasteiger partial charge is 0.453 e. The van der Waals surface area contributed by atoms with Crippen molar-refractivity contribution < 1.29 is 9.53 Å². The van der Waals surface area contributed by atoms with Crippen LogP contribution in [0.3, 0.4) is 0 Å². The number of methoxy groups -OCH3 is 1. The summed E-state index contributed by atoms with van der Waals surface area (Å²) < 4.78 is 4.77. The van der Waals surface area contributed by atoms with E-state index in [2.05, 4.69) is 5.32 Å². The molecule has 1 aliphatic heterocycles. The number of carbonyl (C=O) groups excluding carboxylic acids is 1. The van der Waals surface area contributed by atoms with Gasteiger partial charge in [-0.3, -0.25) is 0 Å². The average Bonchev–Trinajstić information content (AvgIpc) is 2.26. The van der Waals surface area contributed by atoms with Crippen LogP contribution in [-0.2, 0) is 4.74 Å². The Morgan fingerprint density at radius 1 is 1.53 bits per heavy atom. The molecule has 1 fully saturated rings. The normalized spacial score (nSPS) is 21.5. The first-order valence-corrected chi connectivity index (χ1v) is 5.73. The lowest BCUT2D eigenvalue weighted by Crippen LogP contribution is -2.48. The van der Waals surface area contributed by atoms with Crippen LogP contribution >= 0.6 is 0 Å². The fourth-order valence-electron chi connectivity index (χ4n) is 1.93. The molecule has 0 spiro atoms. The molecule has 0 aromatic heterocycles.